The number of amides is 2. The zero-order valence-corrected chi connectivity index (χ0v) is 14.4. The molecule has 4 nitrogen and oxygen atoms in total. The molecule has 0 fully saturated rings. The maximum atomic E-state index is 12.8. The molecule has 0 bridgehead atoms. The lowest BCUT2D eigenvalue weighted by molar-refractivity contribution is 0.0943. The topological polar surface area (TPSA) is 58.2 Å². The van der Waals surface area contributed by atoms with E-state index in [1.165, 1.54) is 48.5 Å². The normalized spacial score (nSPS) is 10.4. The van der Waals surface area contributed by atoms with Crippen LogP contribution in [0.15, 0.2) is 48.5 Å². The second-order valence-electron chi connectivity index (χ2n) is 5.94. The lowest BCUT2D eigenvalue weighted by atomic mass is 10.1. The number of hydrogen-bond acceptors (Lipinski definition) is 2. The van der Waals surface area contributed by atoms with Crippen molar-refractivity contribution in [2.24, 2.45) is 0 Å². The molecule has 0 spiro atoms. The number of halogens is 2. The van der Waals surface area contributed by atoms with Gasteiger partial charge < -0.3 is 10.6 Å². The molecule has 0 atom stereocenters. The minimum Gasteiger partial charge on any atom is -0.352 e. The van der Waals surface area contributed by atoms with Gasteiger partial charge in [-0.2, -0.15) is 0 Å². The van der Waals surface area contributed by atoms with Crippen LogP contribution in [0.5, 0.6) is 0 Å². The van der Waals surface area contributed by atoms with E-state index in [9.17, 15) is 18.4 Å². The second kappa shape index (κ2) is 10.3. The maximum absolute atomic E-state index is 12.8. The van der Waals surface area contributed by atoms with E-state index in [4.69, 9.17) is 0 Å². The summed E-state index contributed by atoms with van der Waals surface area (Å²) in [6.45, 7) is 1.11. The molecule has 2 aromatic carbocycles. The highest BCUT2D eigenvalue weighted by Crippen LogP contribution is 2.04. The summed E-state index contributed by atoms with van der Waals surface area (Å²) in [6, 6.07) is 10.8. The molecule has 0 aliphatic carbocycles. The largest absolute Gasteiger partial charge is 0.352 e. The lowest BCUT2D eigenvalue weighted by Crippen LogP contribution is -2.25. The van der Waals surface area contributed by atoms with E-state index in [0.717, 1.165) is 25.7 Å². The van der Waals surface area contributed by atoms with Crippen molar-refractivity contribution in [3.8, 4) is 0 Å². The quantitative estimate of drug-likeness (QED) is 0.670. The molecule has 0 aliphatic rings. The SMILES string of the molecule is O=C(NCCCCCCNC(=O)c1ccc(F)cc1)c1ccc(F)cc1. The van der Waals surface area contributed by atoms with Crippen LogP contribution >= 0.6 is 0 Å². The lowest BCUT2D eigenvalue weighted by Gasteiger charge is -2.07. The Kier molecular flexibility index (Phi) is 7.74. The first-order valence-corrected chi connectivity index (χ1v) is 8.64. The van der Waals surface area contributed by atoms with Gasteiger partial charge in [-0.25, -0.2) is 8.78 Å². The van der Waals surface area contributed by atoms with Gasteiger partial charge in [0.15, 0.2) is 0 Å². The van der Waals surface area contributed by atoms with Gasteiger partial charge in [-0.05, 0) is 61.4 Å². The van der Waals surface area contributed by atoms with Crippen molar-refractivity contribution in [3.05, 3.63) is 71.3 Å². The first-order chi connectivity index (χ1) is 12.6. The summed E-state index contributed by atoms with van der Waals surface area (Å²) >= 11 is 0. The predicted octanol–water partition coefficient (Wildman–Crippen LogP) is 3.69. The van der Waals surface area contributed by atoms with Crippen LogP contribution < -0.4 is 10.6 Å². The second-order valence-corrected chi connectivity index (χ2v) is 5.94. The molecular weight excluding hydrogens is 338 g/mol. The average molecular weight is 360 g/mol. The van der Waals surface area contributed by atoms with Crippen molar-refractivity contribution in [2.45, 2.75) is 25.7 Å². The fraction of sp³-hybridized carbons (Fsp3) is 0.300. The van der Waals surface area contributed by atoms with Gasteiger partial charge in [0.2, 0.25) is 0 Å². The van der Waals surface area contributed by atoms with Crippen molar-refractivity contribution in [1.29, 1.82) is 0 Å². The summed E-state index contributed by atoms with van der Waals surface area (Å²) in [6.07, 6.45) is 3.52. The van der Waals surface area contributed by atoms with Crippen LogP contribution in [0.25, 0.3) is 0 Å². The summed E-state index contributed by atoms with van der Waals surface area (Å²) < 4.78 is 25.6. The Morgan fingerprint density at radius 1 is 0.615 bits per heavy atom. The van der Waals surface area contributed by atoms with Crippen molar-refractivity contribution in [2.75, 3.05) is 13.1 Å². The fourth-order valence-electron chi connectivity index (χ4n) is 2.41. The molecule has 6 heteroatoms. The third kappa shape index (κ3) is 6.63. The number of unbranched alkanes of at least 4 members (excludes halogenated alkanes) is 3. The average Bonchev–Trinajstić information content (AvgIpc) is 2.64. The highest BCUT2D eigenvalue weighted by molar-refractivity contribution is 5.94. The molecule has 2 amide bonds. The zero-order chi connectivity index (χ0) is 18.8. The van der Waals surface area contributed by atoms with Gasteiger partial charge in [0.25, 0.3) is 11.8 Å². The molecule has 2 aromatic rings. The molecule has 0 heterocycles. The Hall–Kier alpha value is -2.76. The summed E-state index contributed by atoms with van der Waals surface area (Å²) in [7, 11) is 0. The molecule has 2 N–H and O–H groups in total. The molecule has 0 aromatic heterocycles. The first kappa shape index (κ1) is 19.6. The molecule has 2 rings (SSSR count). The minimum atomic E-state index is -0.368. The minimum absolute atomic E-state index is 0.212. The summed E-state index contributed by atoms with van der Waals surface area (Å²) in [5.74, 6) is -1.16. The number of hydrogen-bond donors (Lipinski definition) is 2. The van der Waals surface area contributed by atoms with E-state index >= 15 is 0 Å². The molecule has 26 heavy (non-hydrogen) atoms. The van der Waals surface area contributed by atoms with Crippen LogP contribution in [0.4, 0.5) is 8.78 Å². The Balaban J connectivity index is 1.51. The molecule has 0 aliphatic heterocycles. The number of nitrogens with one attached hydrogen (secondary N) is 2. The Morgan fingerprint density at radius 3 is 1.31 bits per heavy atom. The van der Waals surface area contributed by atoms with E-state index in [1.807, 2.05) is 0 Å². The van der Waals surface area contributed by atoms with Crippen molar-refractivity contribution in [1.82, 2.24) is 10.6 Å². The van der Waals surface area contributed by atoms with Crippen LogP contribution in [-0.2, 0) is 0 Å². The van der Waals surface area contributed by atoms with E-state index in [-0.39, 0.29) is 23.4 Å². The fourth-order valence-corrected chi connectivity index (χ4v) is 2.41. The van der Waals surface area contributed by atoms with E-state index in [0.29, 0.717) is 24.2 Å². The number of carbonyl (C=O) groups excluding carboxylic acids is 2. The highest BCUT2D eigenvalue weighted by Gasteiger charge is 2.05. The summed E-state index contributed by atoms with van der Waals surface area (Å²) in [4.78, 5) is 23.6. The maximum Gasteiger partial charge on any atom is 0.251 e. The third-order valence-corrected chi connectivity index (χ3v) is 3.89. The number of carbonyl (C=O) groups is 2. The summed E-state index contributed by atoms with van der Waals surface area (Å²) in [5, 5.41) is 5.58. The molecule has 138 valence electrons. The summed E-state index contributed by atoms with van der Waals surface area (Å²) in [5.41, 5.74) is 0.879. The van der Waals surface area contributed by atoms with Crippen molar-refractivity contribution >= 4 is 11.8 Å². The molecule has 0 saturated heterocycles. The van der Waals surface area contributed by atoms with Crippen molar-refractivity contribution < 1.29 is 18.4 Å². The molecule has 0 radical (unpaired) electrons. The zero-order valence-electron chi connectivity index (χ0n) is 14.4. The van der Waals surface area contributed by atoms with Gasteiger partial charge in [0.05, 0.1) is 0 Å². The highest BCUT2D eigenvalue weighted by atomic mass is 19.1. The van der Waals surface area contributed by atoms with E-state index in [1.54, 1.807) is 0 Å². The Labute approximate surface area is 151 Å². The standard InChI is InChI=1S/C20H22F2N2O2/c21-17-9-5-15(6-10-17)19(25)23-13-3-1-2-4-14-24-20(26)16-7-11-18(22)12-8-16/h5-12H,1-4,13-14H2,(H,23,25)(H,24,26). The van der Waals surface area contributed by atoms with Crippen LogP contribution in [0.3, 0.4) is 0 Å². The number of rotatable bonds is 9. The van der Waals surface area contributed by atoms with Crippen LogP contribution in [0.2, 0.25) is 0 Å². The van der Waals surface area contributed by atoms with Gasteiger partial charge in [0, 0.05) is 24.2 Å². The van der Waals surface area contributed by atoms with Gasteiger partial charge in [-0.3, -0.25) is 9.59 Å². The Bertz CT molecular complexity index is 652. The number of benzene rings is 2. The molecular formula is C20H22F2N2O2. The van der Waals surface area contributed by atoms with Gasteiger partial charge in [-0.15, -0.1) is 0 Å². The van der Waals surface area contributed by atoms with E-state index < -0.39 is 0 Å². The van der Waals surface area contributed by atoms with Crippen LogP contribution in [0.1, 0.15) is 46.4 Å². The monoisotopic (exact) mass is 360 g/mol. The smallest absolute Gasteiger partial charge is 0.251 e. The predicted molar refractivity (Wildman–Crippen MR) is 95.9 cm³/mol. The van der Waals surface area contributed by atoms with Crippen molar-refractivity contribution in [3.63, 3.8) is 0 Å². The van der Waals surface area contributed by atoms with E-state index in [2.05, 4.69) is 10.6 Å². The van der Waals surface area contributed by atoms with Crippen LogP contribution in [-0.4, -0.2) is 24.9 Å². The molecule has 0 saturated carbocycles. The van der Waals surface area contributed by atoms with Gasteiger partial charge in [-0.1, -0.05) is 12.8 Å². The van der Waals surface area contributed by atoms with Crippen LogP contribution in [0, 0.1) is 11.6 Å². The Morgan fingerprint density at radius 2 is 0.962 bits per heavy atom. The van der Waals surface area contributed by atoms with Gasteiger partial charge in [0.1, 0.15) is 11.6 Å². The first-order valence-electron chi connectivity index (χ1n) is 8.64. The molecule has 0 unspecified atom stereocenters. The third-order valence-electron chi connectivity index (χ3n) is 3.89. The van der Waals surface area contributed by atoms with Gasteiger partial charge >= 0.3 is 0 Å².